The average molecular weight is 344 g/mol. The van der Waals surface area contributed by atoms with E-state index in [9.17, 15) is 0 Å². The molecular weight excluding hydrogens is 318 g/mol. The summed E-state index contributed by atoms with van der Waals surface area (Å²) in [5.41, 5.74) is 8.05. The van der Waals surface area contributed by atoms with Gasteiger partial charge in [-0.1, -0.05) is 61.2 Å². The van der Waals surface area contributed by atoms with Crippen LogP contribution in [0.1, 0.15) is 38.5 Å². The van der Waals surface area contributed by atoms with E-state index in [1.807, 2.05) is 36.4 Å². The third-order valence-electron chi connectivity index (χ3n) is 4.93. The van der Waals surface area contributed by atoms with Crippen molar-refractivity contribution in [2.45, 2.75) is 44.6 Å². The van der Waals surface area contributed by atoms with Crippen molar-refractivity contribution in [1.29, 1.82) is 0 Å². The number of halogens is 1. The predicted molar refractivity (Wildman–Crippen MR) is 102 cm³/mol. The van der Waals surface area contributed by atoms with E-state index in [0.29, 0.717) is 12.5 Å². The maximum atomic E-state index is 6.50. The van der Waals surface area contributed by atoms with Crippen LogP contribution in [0.4, 0.5) is 0 Å². The molecule has 1 saturated carbocycles. The minimum atomic E-state index is 0.193. The molecule has 3 heteroatoms. The van der Waals surface area contributed by atoms with Gasteiger partial charge in [-0.3, -0.25) is 0 Å². The highest BCUT2D eigenvalue weighted by Gasteiger charge is 2.25. The molecule has 128 valence electrons. The van der Waals surface area contributed by atoms with Gasteiger partial charge in [-0.2, -0.15) is 0 Å². The Morgan fingerprint density at radius 2 is 1.79 bits per heavy atom. The van der Waals surface area contributed by atoms with Gasteiger partial charge in [0.25, 0.3) is 0 Å². The van der Waals surface area contributed by atoms with Crippen LogP contribution in [-0.2, 0) is 0 Å². The molecule has 0 heterocycles. The fourth-order valence-corrected chi connectivity index (χ4v) is 3.84. The van der Waals surface area contributed by atoms with E-state index in [2.05, 4.69) is 12.1 Å². The fraction of sp³-hybridized carbons (Fsp3) is 0.429. The monoisotopic (exact) mass is 343 g/mol. The fourth-order valence-electron chi connectivity index (χ4n) is 3.67. The first-order chi connectivity index (χ1) is 11.8. The summed E-state index contributed by atoms with van der Waals surface area (Å²) in [5, 5.41) is 0.731. The molecule has 0 aromatic heterocycles. The number of benzene rings is 2. The van der Waals surface area contributed by atoms with E-state index < -0.39 is 0 Å². The van der Waals surface area contributed by atoms with Crippen molar-refractivity contribution in [2.75, 3.05) is 6.54 Å². The van der Waals surface area contributed by atoms with Crippen molar-refractivity contribution in [3.63, 3.8) is 0 Å². The Bertz CT molecular complexity index is 638. The van der Waals surface area contributed by atoms with Gasteiger partial charge in [-0.05, 0) is 55.5 Å². The molecule has 0 bridgehead atoms. The third-order valence-corrected chi connectivity index (χ3v) is 5.17. The zero-order valence-corrected chi connectivity index (χ0v) is 14.8. The minimum absolute atomic E-state index is 0.193. The molecule has 0 spiro atoms. The Labute approximate surface area is 150 Å². The molecule has 1 unspecified atom stereocenters. The van der Waals surface area contributed by atoms with Crippen LogP contribution in [0, 0.1) is 5.92 Å². The molecule has 0 amide bonds. The molecule has 2 nitrogen and oxygen atoms in total. The van der Waals surface area contributed by atoms with Crippen LogP contribution < -0.4 is 10.5 Å². The van der Waals surface area contributed by atoms with Crippen molar-refractivity contribution >= 4 is 11.6 Å². The first-order valence-corrected chi connectivity index (χ1v) is 9.37. The van der Waals surface area contributed by atoms with Gasteiger partial charge >= 0.3 is 0 Å². The maximum absolute atomic E-state index is 6.50. The van der Waals surface area contributed by atoms with Gasteiger partial charge in [-0.15, -0.1) is 0 Å². The first kappa shape index (κ1) is 17.3. The quantitative estimate of drug-likeness (QED) is 0.731. The van der Waals surface area contributed by atoms with E-state index in [0.717, 1.165) is 28.3 Å². The van der Waals surface area contributed by atoms with Gasteiger partial charge in [0.2, 0.25) is 0 Å². The maximum Gasteiger partial charge on any atom is 0.127 e. The summed E-state index contributed by atoms with van der Waals surface area (Å²) in [6, 6.07) is 16.2. The molecule has 2 aromatic carbocycles. The Balaban J connectivity index is 1.87. The van der Waals surface area contributed by atoms with Crippen molar-refractivity contribution in [3.8, 4) is 16.9 Å². The normalized spacial score (nSPS) is 16.8. The molecule has 0 aliphatic heterocycles. The molecule has 24 heavy (non-hydrogen) atoms. The van der Waals surface area contributed by atoms with Crippen LogP contribution in [0.3, 0.4) is 0 Å². The highest BCUT2D eigenvalue weighted by Crippen LogP contribution is 2.36. The van der Waals surface area contributed by atoms with Crippen molar-refractivity contribution < 1.29 is 4.74 Å². The van der Waals surface area contributed by atoms with Gasteiger partial charge < -0.3 is 10.5 Å². The van der Waals surface area contributed by atoms with Gasteiger partial charge in [0.1, 0.15) is 11.9 Å². The molecule has 1 aliphatic rings. The minimum Gasteiger partial charge on any atom is -0.489 e. The SMILES string of the molecule is NCCC(Oc1ccc(Cl)cc1-c1ccccc1)C1CCCCC1. The van der Waals surface area contributed by atoms with E-state index >= 15 is 0 Å². The molecule has 1 fully saturated rings. The zero-order chi connectivity index (χ0) is 16.8. The second kappa shape index (κ2) is 8.55. The van der Waals surface area contributed by atoms with Crippen LogP contribution in [0.25, 0.3) is 11.1 Å². The van der Waals surface area contributed by atoms with Crippen molar-refractivity contribution in [1.82, 2.24) is 0 Å². The smallest absolute Gasteiger partial charge is 0.127 e. The highest BCUT2D eigenvalue weighted by molar-refractivity contribution is 6.31. The lowest BCUT2D eigenvalue weighted by molar-refractivity contribution is 0.102. The topological polar surface area (TPSA) is 35.2 Å². The molecule has 0 saturated heterocycles. The van der Waals surface area contributed by atoms with Crippen LogP contribution in [-0.4, -0.2) is 12.6 Å². The molecule has 2 N–H and O–H groups in total. The zero-order valence-electron chi connectivity index (χ0n) is 14.1. The second-order valence-corrected chi connectivity index (χ2v) is 7.07. The second-order valence-electron chi connectivity index (χ2n) is 6.64. The van der Waals surface area contributed by atoms with Gasteiger partial charge in [0.05, 0.1) is 0 Å². The van der Waals surface area contributed by atoms with E-state index in [-0.39, 0.29) is 6.10 Å². The van der Waals surface area contributed by atoms with E-state index in [1.54, 1.807) is 0 Å². The van der Waals surface area contributed by atoms with Crippen LogP contribution in [0.2, 0.25) is 5.02 Å². The van der Waals surface area contributed by atoms with E-state index in [4.69, 9.17) is 22.1 Å². The lowest BCUT2D eigenvalue weighted by Gasteiger charge is -2.31. The van der Waals surface area contributed by atoms with Gasteiger partial charge in [0, 0.05) is 10.6 Å². The Hall–Kier alpha value is -1.51. The molecule has 1 atom stereocenters. The van der Waals surface area contributed by atoms with Crippen molar-refractivity contribution in [3.05, 3.63) is 53.6 Å². The number of nitrogens with two attached hydrogens (primary N) is 1. The Kier molecular flexibility index (Phi) is 6.17. The summed E-state index contributed by atoms with van der Waals surface area (Å²) in [5.74, 6) is 1.52. The molecule has 0 radical (unpaired) electrons. The number of hydrogen-bond donors (Lipinski definition) is 1. The Morgan fingerprint density at radius 3 is 2.50 bits per heavy atom. The summed E-state index contributed by atoms with van der Waals surface area (Å²) < 4.78 is 6.50. The molecule has 2 aromatic rings. The van der Waals surface area contributed by atoms with Gasteiger partial charge in [0.15, 0.2) is 0 Å². The first-order valence-electron chi connectivity index (χ1n) is 8.99. The standard InChI is InChI=1S/C21H26ClNO/c22-18-11-12-21(19(15-18)16-7-3-1-4-8-16)24-20(13-14-23)17-9-5-2-6-10-17/h1,3-4,7-8,11-12,15,17,20H,2,5-6,9-10,13-14,23H2. The number of ether oxygens (including phenoxy) is 1. The van der Waals surface area contributed by atoms with Crippen LogP contribution in [0.5, 0.6) is 5.75 Å². The van der Waals surface area contributed by atoms with Crippen LogP contribution >= 0.6 is 11.6 Å². The molecule has 1 aliphatic carbocycles. The average Bonchev–Trinajstić information content (AvgIpc) is 2.64. The summed E-state index contributed by atoms with van der Waals surface area (Å²) in [7, 11) is 0. The largest absolute Gasteiger partial charge is 0.489 e. The highest BCUT2D eigenvalue weighted by atomic mass is 35.5. The summed E-state index contributed by atoms with van der Waals surface area (Å²) in [6.45, 7) is 0.662. The van der Waals surface area contributed by atoms with Gasteiger partial charge in [-0.25, -0.2) is 0 Å². The van der Waals surface area contributed by atoms with Crippen LogP contribution in [0.15, 0.2) is 48.5 Å². The summed E-state index contributed by atoms with van der Waals surface area (Å²) in [4.78, 5) is 0. The Morgan fingerprint density at radius 1 is 1.04 bits per heavy atom. The summed E-state index contributed by atoms with van der Waals surface area (Å²) >= 11 is 6.24. The van der Waals surface area contributed by atoms with E-state index in [1.165, 1.54) is 32.1 Å². The number of hydrogen-bond acceptors (Lipinski definition) is 2. The molecular formula is C21H26ClNO. The lowest BCUT2D eigenvalue weighted by atomic mass is 9.84. The lowest BCUT2D eigenvalue weighted by Crippen LogP contribution is -2.31. The van der Waals surface area contributed by atoms with Crippen molar-refractivity contribution in [2.24, 2.45) is 11.7 Å². The third kappa shape index (κ3) is 4.31. The number of rotatable bonds is 6. The molecule has 3 rings (SSSR count). The summed E-state index contributed by atoms with van der Waals surface area (Å²) in [6.07, 6.45) is 7.56. The predicted octanol–water partition coefficient (Wildman–Crippen LogP) is 5.68.